The molecule has 138 valence electrons. The number of aliphatic hydroxyl groups is 2. The van der Waals surface area contributed by atoms with Crippen molar-refractivity contribution in [1.29, 1.82) is 0 Å². The molecule has 0 spiro atoms. The maximum Gasteiger partial charge on any atom is 0.131 e. The van der Waals surface area contributed by atoms with Crippen molar-refractivity contribution in [3.8, 4) is 11.5 Å². The fourth-order valence-electron chi connectivity index (χ4n) is 3.35. The zero-order valence-electron chi connectivity index (χ0n) is 16.1. The van der Waals surface area contributed by atoms with Crippen molar-refractivity contribution in [3.05, 3.63) is 83.9 Å². The van der Waals surface area contributed by atoms with Gasteiger partial charge >= 0.3 is 0 Å². The fourth-order valence-corrected chi connectivity index (χ4v) is 3.92. The first-order chi connectivity index (χ1) is 12.8. The molecule has 0 fully saturated rings. The largest absolute Gasteiger partial charge is 0.393 e. The second kappa shape index (κ2) is 7.70. The van der Waals surface area contributed by atoms with Gasteiger partial charge < -0.3 is 10.2 Å². The number of hydrogen-bond acceptors (Lipinski definition) is 2. The predicted molar refractivity (Wildman–Crippen MR) is 115 cm³/mol. The lowest BCUT2D eigenvalue weighted by Crippen LogP contribution is -2.37. The monoisotopic (exact) mass is 374 g/mol. The first-order valence-electron chi connectivity index (χ1n) is 9.24. The minimum atomic E-state index is -1.65. The Balaban J connectivity index is 2.24. The lowest BCUT2D eigenvalue weighted by atomic mass is 9.76. The molecule has 3 aromatic carbocycles. The summed E-state index contributed by atoms with van der Waals surface area (Å²) in [7, 11) is -1.65. The molecule has 0 heterocycles. The lowest BCUT2D eigenvalue weighted by molar-refractivity contribution is -0.0277. The van der Waals surface area contributed by atoms with Crippen molar-refractivity contribution >= 4 is 18.8 Å². The van der Waals surface area contributed by atoms with Crippen molar-refractivity contribution in [3.63, 3.8) is 0 Å². The van der Waals surface area contributed by atoms with E-state index in [9.17, 15) is 10.2 Å². The molecule has 2 N–H and O–H groups in total. The van der Waals surface area contributed by atoms with Gasteiger partial charge in [-0.1, -0.05) is 98.4 Å². The van der Waals surface area contributed by atoms with Crippen LogP contribution in [0.25, 0.3) is 10.8 Å². The average molecular weight is 375 g/mol. The van der Waals surface area contributed by atoms with E-state index in [-0.39, 0.29) is 0 Å². The minimum absolute atomic E-state index is 0.402. The molecule has 0 unspecified atom stereocenters. The van der Waals surface area contributed by atoms with Crippen LogP contribution in [-0.2, 0) is 5.60 Å². The summed E-state index contributed by atoms with van der Waals surface area (Å²) in [6.45, 7) is 6.13. The molecule has 0 radical (unpaired) electrons. The molecule has 0 saturated heterocycles. The van der Waals surface area contributed by atoms with E-state index in [1.165, 1.54) is 0 Å². The van der Waals surface area contributed by atoms with Crippen LogP contribution in [-0.4, -0.2) is 24.9 Å². The van der Waals surface area contributed by atoms with E-state index in [4.69, 9.17) is 0 Å². The summed E-state index contributed by atoms with van der Waals surface area (Å²) >= 11 is 0. The summed E-state index contributed by atoms with van der Waals surface area (Å²) in [4.78, 5) is 0. The SMILES string of the molecule is C[Si](C)(C)C#C[C@@H](c1ccccc1)[C@@](O)(CO)c1cccc2ccccc12. The molecule has 2 atom stereocenters. The van der Waals surface area contributed by atoms with Gasteiger partial charge in [-0.05, 0) is 21.9 Å². The summed E-state index contributed by atoms with van der Waals surface area (Å²) in [5.41, 5.74) is 3.52. The van der Waals surface area contributed by atoms with Crippen LogP contribution in [0.1, 0.15) is 17.0 Å². The number of hydrogen-bond donors (Lipinski definition) is 2. The summed E-state index contributed by atoms with van der Waals surface area (Å²) in [5, 5.41) is 24.1. The van der Waals surface area contributed by atoms with Gasteiger partial charge in [0.25, 0.3) is 0 Å². The second-order valence-corrected chi connectivity index (χ2v) is 12.7. The maximum atomic E-state index is 11.8. The third kappa shape index (κ3) is 4.14. The van der Waals surface area contributed by atoms with E-state index >= 15 is 0 Å². The lowest BCUT2D eigenvalue weighted by Gasteiger charge is -2.34. The van der Waals surface area contributed by atoms with E-state index in [0.717, 1.165) is 16.3 Å². The van der Waals surface area contributed by atoms with E-state index in [0.29, 0.717) is 5.56 Å². The normalized spacial score (nSPS) is 14.9. The van der Waals surface area contributed by atoms with Crippen molar-refractivity contribution in [2.24, 2.45) is 0 Å². The summed E-state index contributed by atoms with van der Waals surface area (Å²) in [6, 6.07) is 23.5. The van der Waals surface area contributed by atoms with E-state index in [2.05, 4.69) is 31.1 Å². The number of rotatable bonds is 4. The Morgan fingerprint density at radius 2 is 1.52 bits per heavy atom. The summed E-state index contributed by atoms with van der Waals surface area (Å²) < 4.78 is 0. The predicted octanol–water partition coefficient (Wildman–Crippen LogP) is 4.68. The smallest absolute Gasteiger partial charge is 0.131 e. The highest BCUT2D eigenvalue weighted by Gasteiger charge is 2.39. The van der Waals surface area contributed by atoms with Crippen LogP contribution in [0.15, 0.2) is 72.8 Å². The van der Waals surface area contributed by atoms with Crippen LogP contribution in [0.2, 0.25) is 19.6 Å². The van der Waals surface area contributed by atoms with Crippen molar-refractivity contribution < 1.29 is 10.2 Å². The first kappa shape index (κ1) is 19.4. The average Bonchev–Trinajstić information content (AvgIpc) is 2.67. The Hall–Kier alpha value is -2.38. The van der Waals surface area contributed by atoms with Crippen LogP contribution >= 0.6 is 0 Å². The van der Waals surface area contributed by atoms with E-state index in [1.807, 2.05) is 72.8 Å². The summed E-state index contributed by atoms with van der Waals surface area (Å²) in [5.74, 6) is 2.82. The van der Waals surface area contributed by atoms with Crippen LogP contribution in [0.4, 0.5) is 0 Å². The van der Waals surface area contributed by atoms with Crippen LogP contribution in [0, 0.1) is 11.5 Å². The minimum Gasteiger partial charge on any atom is -0.393 e. The van der Waals surface area contributed by atoms with Gasteiger partial charge in [-0.3, -0.25) is 0 Å². The molecule has 0 aliphatic heterocycles. The molecular formula is C24H26O2Si. The Labute approximate surface area is 162 Å². The van der Waals surface area contributed by atoms with E-state index in [1.54, 1.807) is 0 Å². The maximum absolute atomic E-state index is 11.8. The highest BCUT2D eigenvalue weighted by Crippen LogP contribution is 2.39. The highest BCUT2D eigenvalue weighted by atomic mass is 28.3. The van der Waals surface area contributed by atoms with Gasteiger partial charge in [0, 0.05) is 0 Å². The molecule has 0 aliphatic carbocycles. The van der Waals surface area contributed by atoms with Crippen LogP contribution in [0.5, 0.6) is 0 Å². The third-order valence-electron chi connectivity index (χ3n) is 4.70. The second-order valence-electron chi connectivity index (χ2n) is 7.97. The van der Waals surface area contributed by atoms with Crippen molar-refractivity contribution in [2.75, 3.05) is 6.61 Å². The van der Waals surface area contributed by atoms with Gasteiger partial charge in [0.2, 0.25) is 0 Å². The summed E-state index contributed by atoms with van der Waals surface area (Å²) in [6.07, 6.45) is 0. The number of fused-ring (bicyclic) bond motifs is 1. The van der Waals surface area contributed by atoms with Crippen LogP contribution < -0.4 is 0 Å². The fraction of sp³-hybridized carbons (Fsp3) is 0.250. The highest BCUT2D eigenvalue weighted by molar-refractivity contribution is 6.83. The van der Waals surface area contributed by atoms with E-state index < -0.39 is 26.2 Å². The molecule has 27 heavy (non-hydrogen) atoms. The third-order valence-corrected chi connectivity index (χ3v) is 5.59. The molecular weight excluding hydrogens is 348 g/mol. The topological polar surface area (TPSA) is 40.5 Å². The zero-order chi connectivity index (χ0) is 19.5. The molecule has 3 aromatic rings. The molecule has 3 rings (SSSR count). The standard InChI is InChI=1S/C24H26O2Si/c1-27(2,3)17-16-22(20-11-5-4-6-12-20)24(26,18-25)23-15-9-13-19-10-7-8-14-21(19)23/h4-15,22,25-26H,18H2,1-3H3/t22-,24-/m0/s1. The number of benzene rings is 3. The molecule has 0 saturated carbocycles. The van der Waals surface area contributed by atoms with Gasteiger partial charge in [0.1, 0.15) is 13.7 Å². The molecule has 0 aliphatic rings. The molecule has 3 heteroatoms. The quantitative estimate of drug-likeness (QED) is 0.514. The van der Waals surface area contributed by atoms with Gasteiger partial charge in [0.15, 0.2) is 0 Å². The Morgan fingerprint density at radius 3 is 2.19 bits per heavy atom. The van der Waals surface area contributed by atoms with Gasteiger partial charge in [-0.15, -0.1) is 5.54 Å². The molecule has 2 nitrogen and oxygen atoms in total. The number of aliphatic hydroxyl groups excluding tert-OH is 1. The first-order valence-corrected chi connectivity index (χ1v) is 12.7. The Kier molecular flexibility index (Phi) is 5.52. The zero-order valence-corrected chi connectivity index (χ0v) is 17.1. The van der Waals surface area contributed by atoms with Gasteiger partial charge in [0.05, 0.1) is 12.5 Å². The van der Waals surface area contributed by atoms with Gasteiger partial charge in [-0.2, -0.15) is 0 Å². The molecule has 0 aromatic heterocycles. The molecule has 0 bridgehead atoms. The van der Waals surface area contributed by atoms with Crippen molar-refractivity contribution in [2.45, 2.75) is 31.2 Å². The molecule has 0 amide bonds. The van der Waals surface area contributed by atoms with Gasteiger partial charge in [-0.25, -0.2) is 0 Å². The van der Waals surface area contributed by atoms with Crippen LogP contribution in [0.3, 0.4) is 0 Å². The Morgan fingerprint density at radius 1 is 0.889 bits per heavy atom. The van der Waals surface area contributed by atoms with Crippen molar-refractivity contribution in [1.82, 2.24) is 0 Å². The Bertz CT molecular complexity index is 974.